The molecule has 0 atom stereocenters. The number of hydrogen-bond donors (Lipinski definition) is 1. The Balaban J connectivity index is 1.25. The molecule has 0 aliphatic rings. The van der Waals surface area contributed by atoms with Crippen molar-refractivity contribution < 1.29 is 52.3 Å². The van der Waals surface area contributed by atoms with Gasteiger partial charge in [-0.1, -0.05) is 30.3 Å². The number of rotatable bonds is 25. The van der Waals surface area contributed by atoms with Gasteiger partial charge in [0.05, 0.1) is 79.3 Å². The van der Waals surface area contributed by atoms with E-state index in [2.05, 4.69) is 5.32 Å². The normalized spacial score (nSPS) is 10.8. The van der Waals surface area contributed by atoms with Crippen molar-refractivity contribution in [1.29, 1.82) is 0 Å². The molecule has 1 N–H and O–H groups in total. The Labute approximate surface area is 246 Å². The number of anilines is 1. The molecule has 2 aromatic rings. The highest BCUT2D eigenvalue weighted by Gasteiger charge is 2.17. The van der Waals surface area contributed by atoms with Crippen LogP contribution in [0.25, 0.3) is 0 Å². The summed E-state index contributed by atoms with van der Waals surface area (Å²) in [5.41, 5.74) is 1.02. The first-order valence-electron chi connectivity index (χ1n) is 13.8. The molecule has 1 amide bonds. The van der Waals surface area contributed by atoms with Gasteiger partial charge in [-0.3, -0.25) is 9.59 Å². The van der Waals surface area contributed by atoms with Crippen LogP contribution >= 0.6 is 0 Å². The van der Waals surface area contributed by atoms with Crippen LogP contribution in [0.5, 0.6) is 5.75 Å². The van der Waals surface area contributed by atoms with E-state index in [4.69, 9.17) is 37.9 Å². The quantitative estimate of drug-likeness (QED) is 0.0789. The third-order valence-electron chi connectivity index (χ3n) is 5.21. The Morgan fingerprint density at radius 1 is 0.548 bits per heavy atom. The predicted molar refractivity (Wildman–Crippen MR) is 153 cm³/mol. The van der Waals surface area contributed by atoms with Crippen LogP contribution < -0.4 is 10.1 Å². The van der Waals surface area contributed by atoms with Gasteiger partial charge in [0, 0.05) is 18.2 Å². The van der Waals surface area contributed by atoms with E-state index in [1.54, 1.807) is 54.6 Å². The van der Waals surface area contributed by atoms with Crippen molar-refractivity contribution in [3.63, 3.8) is 0 Å². The second-order valence-electron chi connectivity index (χ2n) is 8.56. The van der Waals surface area contributed by atoms with Gasteiger partial charge in [0.15, 0.2) is 0 Å². The molecule has 0 aliphatic heterocycles. The van der Waals surface area contributed by atoms with Gasteiger partial charge in [-0.15, -0.1) is 0 Å². The van der Waals surface area contributed by atoms with E-state index < -0.39 is 11.8 Å². The van der Waals surface area contributed by atoms with Crippen LogP contribution in [0.1, 0.15) is 17.3 Å². The summed E-state index contributed by atoms with van der Waals surface area (Å²) in [5, 5.41) is 2.70. The summed E-state index contributed by atoms with van der Waals surface area (Å²) in [4.78, 5) is 34.6. The lowest BCUT2D eigenvalue weighted by atomic mass is 10.1. The number of ketones is 1. The lowest BCUT2D eigenvalue weighted by molar-refractivity contribution is -0.139. The third-order valence-corrected chi connectivity index (χ3v) is 5.21. The molecule has 2 rings (SSSR count). The molecule has 0 fully saturated rings. The van der Waals surface area contributed by atoms with Crippen molar-refractivity contribution in [3.05, 3.63) is 60.2 Å². The minimum atomic E-state index is -0.900. The van der Waals surface area contributed by atoms with Crippen molar-refractivity contribution in [2.75, 3.05) is 97.8 Å². The molecule has 0 unspecified atom stereocenters. The molecule has 0 bridgehead atoms. The smallest absolute Gasteiger partial charge is 0.379 e. The van der Waals surface area contributed by atoms with E-state index in [9.17, 15) is 14.4 Å². The first-order valence-corrected chi connectivity index (χ1v) is 13.8. The van der Waals surface area contributed by atoms with Crippen LogP contribution in [-0.2, 0) is 42.7 Å². The van der Waals surface area contributed by atoms with Gasteiger partial charge in [-0.25, -0.2) is 4.79 Å². The minimum Gasteiger partial charge on any atom is -0.491 e. The standard InChI is InChI=1S/C30H41NO11/c1-25(32)31-27-7-9-28(10-8-27)41-23-21-39-19-17-37-15-13-35-11-12-36-14-16-38-18-20-40-22-24-42-30(34)29(33)26-5-3-2-4-6-26/h2-10H,11-24H2,1H3,(H,31,32). The summed E-state index contributed by atoms with van der Waals surface area (Å²) in [6, 6.07) is 15.4. The molecule has 0 aliphatic carbocycles. The maximum atomic E-state index is 11.9. The fourth-order valence-electron chi connectivity index (χ4n) is 3.22. The molecule has 0 radical (unpaired) electrons. The van der Waals surface area contributed by atoms with Gasteiger partial charge in [0.1, 0.15) is 19.0 Å². The first kappa shape index (κ1) is 34.8. The molecular weight excluding hydrogens is 550 g/mol. The molecule has 0 saturated heterocycles. The summed E-state index contributed by atoms with van der Waals surface area (Å²) in [6.07, 6.45) is 0. The van der Waals surface area contributed by atoms with Crippen molar-refractivity contribution in [2.24, 2.45) is 0 Å². The molecule has 12 heteroatoms. The SMILES string of the molecule is CC(=O)Nc1ccc(OCCOCCOCCOCCOCCOCCOCCOC(=O)C(=O)c2ccccc2)cc1. The highest BCUT2D eigenvalue weighted by atomic mass is 16.6. The molecule has 2 aromatic carbocycles. The number of hydrogen-bond acceptors (Lipinski definition) is 11. The average Bonchev–Trinajstić information content (AvgIpc) is 3.00. The van der Waals surface area contributed by atoms with Crippen LogP contribution in [-0.4, -0.2) is 110 Å². The zero-order valence-electron chi connectivity index (χ0n) is 24.1. The maximum absolute atomic E-state index is 11.9. The fraction of sp³-hybridized carbons (Fsp3) is 0.500. The highest BCUT2D eigenvalue weighted by molar-refractivity contribution is 6.40. The largest absolute Gasteiger partial charge is 0.491 e. The molecule has 42 heavy (non-hydrogen) atoms. The fourth-order valence-corrected chi connectivity index (χ4v) is 3.22. The maximum Gasteiger partial charge on any atom is 0.379 e. The molecular formula is C30H41NO11. The number of Topliss-reactive ketones (excluding diaryl/α,β-unsaturated/α-hetero) is 1. The topological polar surface area (TPSA) is 137 Å². The van der Waals surface area contributed by atoms with E-state index in [0.717, 1.165) is 5.69 Å². The zero-order valence-corrected chi connectivity index (χ0v) is 24.1. The summed E-state index contributed by atoms with van der Waals surface area (Å²) in [7, 11) is 0. The summed E-state index contributed by atoms with van der Waals surface area (Å²) >= 11 is 0. The van der Waals surface area contributed by atoms with Gasteiger partial charge in [0.2, 0.25) is 5.91 Å². The number of ether oxygens (including phenoxy) is 8. The number of carbonyl (C=O) groups is 3. The van der Waals surface area contributed by atoms with Crippen LogP contribution in [0.15, 0.2) is 54.6 Å². The monoisotopic (exact) mass is 591 g/mol. The Bertz CT molecular complexity index is 1000. The van der Waals surface area contributed by atoms with E-state index in [1.165, 1.54) is 6.92 Å². The summed E-state index contributed by atoms with van der Waals surface area (Å²) < 4.78 is 43.0. The van der Waals surface area contributed by atoms with E-state index in [0.29, 0.717) is 90.6 Å². The first-order chi connectivity index (χ1) is 20.6. The summed E-state index contributed by atoms with van der Waals surface area (Å²) in [6.45, 7) is 6.81. The third kappa shape index (κ3) is 17.4. The van der Waals surface area contributed by atoms with Gasteiger partial charge >= 0.3 is 5.97 Å². The second kappa shape index (κ2) is 23.2. The lowest BCUT2D eigenvalue weighted by Crippen LogP contribution is -2.20. The lowest BCUT2D eigenvalue weighted by Gasteiger charge is -2.09. The van der Waals surface area contributed by atoms with Crippen LogP contribution in [0.2, 0.25) is 0 Å². The van der Waals surface area contributed by atoms with Gasteiger partial charge in [-0.05, 0) is 24.3 Å². The van der Waals surface area contributed by atoms with Gasteiger partial charge < -0.3 is 43.2 Å². The minimum absolute atomic E-state index is 0.00490. The number of benzene rings is 2. The van der Waals surface area contributed by atoms with Crippen LogP contribution in [0, 0.1) is 0 Å². The van der Waals surface area contributed by atoms with Gasteiger partial charge in [0.25, 0.3) is 5.78 Å². The molecule has 12 nitrogen and oxygen atoms in total. The van der Waals surface area contributed by atoms with Crippen molar-refractivity contribution in [1.82, 2.24) is 0 Å². The number of amides is 1. The molecule has 0 heterocycles. The van der Waals surface area contributed by atoms with E-state index >= 15 is 0 Å². The second-order valence-corrected chi connectivity index (χ2v) is 8.56. The van der Waals surface area contributed by atoms with E-state index in [-0.39, 0.29) is 19.1 Å². The Hall–Kier alpha value is -3.39. The Morgan fingerprint density at radius 2 is 0.976 bits per heavy atom. The number of carbonyl (C=O) groups excluding carboxylic acids is 3. The average molecular weight is 592 g/mol. The summed E-state index contributed by atoms with van der Waals surface area (Å²) in [5.74, 6) is -0.988. The molecule has 0 saturated carbocycles. The predicted octanol–water partition coefficient (Wildman–Crippen LogP) is 2.55. The number of esters is 1. The highest BCUT2D eigenvalue weighted by Crippen LogP contribution is 2.15. The molecule has 232 valence electrons. The number of nitrogens with one attached hydrogen (secondary N) is 1. The zero-order chi connectivity index (χ0) is 30.1. The van der Waals surface area contributed by atoms with Crippen molar-refractivity contribution >= 4 is 23.3 Å². The Morgan fingerprint density at radius 3 is 1.43 bits per heavy atom. The van der Waals surface area contributed by atoms with Crippen molar-refractivity contribution in [3.8, 4) is 5.75 Å². The Kier molecular flexibility index (Phi) is 19.2. The molecule has 0 spiro atoms. The van der Waals surface area contributed by atoms with Crippen LogP contribution in [0.4, 0.5) is 5.69 Å². The van der Waals surface area contributed by atoms with E-state index in [1.807, 2.05) is 0 Å². The van der Waals surface area contributed by atoms with Crippen LogP contribution in [0.3, 0.4) is 0 Å². The molecule has 0 aromatic heterocycles. The van der Waals surface area contributed by atoms with Crippen molar-refractivity contribution in [2.45, 2.75) is 6.92 Å². The van der Waals surface area contributed by atoms with Gasteiger partial charge in [-0.2, -0.15) is 0 Å².